The molecule has 1 aromatic carbocycles. The number of hydrogen-bond donors (Lipinski definition) is 0. The molecule has 86 valence electrons. The van der Waals surface area contributed by atoms with Crippen molar-refractivity contribution in [2.24, 2.45) is 0 Å². The van der Waals surface area contributed by atoms with E-state index in [9.17, 15) is 0 Å². The van der Waals surface area contributed by atoms with Gasteiger partial charge >= 0.3 is 0 Å². The van der Waals surface area contributed by atoms with E-state index >= 15 is 0 Å². The first kappa shape index (κ1) is 11.2. The highest BCUT2D eigenvalue weighted by Gasteiger charge is 2.12. The Kier molecular flexibility index (Phi) is 3.59. The van der Waals surface area contributed by atoms with Crippen LogP contribution in [0.2, 0.25) is 0 Å². The van der Waals surface area contributed by atoms with Gasteiger partial charge in [0.25, 0.3) is 0 Å². The molecule has 0 aliphatic carbocycles. The number of para-hydroxylation sites is 1. The van der Waals surface area contributed by atoms with Crippen molar-refractivity contribution in [2.45, 2.75) is 20.3 Å². The van der Waals surface area contributed by atoms with E-state index in [0.29, 0.717) is 13.2 Å². The summed E-state index contributed by atoms with van der Waals surface area (Å²) in [5.41, 5.74) is 1.13. The molecular formula is C13H17NO2. The molecule has 2 rings (SSSR count). The summed E-state index contributed by atoms with van der Waals surface area (Å²) in [6.07, 6.45) is 1.68. The van der Waals surface area contributed by atoms with E-state index in [-0.39, 0.29) is 6.41 Å². The Labute approximate surface area is 95.6 Å². The molecule has 0 bridgehead atoms. The number of fused-ring (bicyclic) bond motifs is 1. The van der Waals surface area contributed by atoms with E-state index in [4.69, 9.17) is 9.47 Å². The zero-order valence-electron chi connectivity index (χ0n) is 9.72. The highest BCUT2D eigenvalue weighted by molar-refractivity contribution is 5.79. The summed E-state index contributed by atoms with van der Waals surface area (Å²) >= 11 is 0. The summed E-state index contributed by atoms with van der Waals surface area (Å²) in [4.78, 5) is 0. The summed E-state index contributed by atoms with van der Waals surface area (Å²) in [5, 5.41) is 1.20. The normalized spacial score (nSPS) is 11.4. The zero-order chi connectivity index (χ0) is 11.4. The fraction of sp³-hybridized carbons (Fsp3) is 0.385. The highest BCUT2D eigenvalue weighted by atomic mass is 16.7. The van der Waals surface area contributed by atoms with Crippen LogP contribution in [0.1, 0.15) is 20.3 Å². The van der Waals surface area contributed by atoms with Gasteiger partial charge in [0.2, 0.25) is 6.41 Å². The van der Waals surface area contributed by atoms with Crippen molar-refractivity contribution in [1.29, 1.82) is 0 Å². The third-order valence-electron chi connectivity index (χ3n) is 2.48. The summed E-state index contributed by atoms with van der Waals surface area (Å²) < 4.78 is 13.2. The predicted molar refractivity (Wildman–Crippen MR) is 64.2 cm³/mol. The van der Waals surface area contributed by atoms with Gasteiger partial charge in [0.05, 0.1) is 5.52 Å². The van der Waals surface area contributed by atoms with E-state index < -0.39 is 0 Å². The van der Waals surface area contributed by atoms with E-state index in [0.717, 1.165) is 5.52 Å². The van der Waals surface area contributed by atoms with E-state index in [1.165, 1.54) is 5.39 Å². The molecule has 3 nitrogen and oxygen atoms in total. The molecule has 0 radical (unpaired) electrons. The van der Waals surface area contributed by atoms with Crippen molar-refractivity contribution in [3.8, 4) is 0 Å². The SMILES string of the molecule is CCOC(OCC)n1ccc2ccccc21. The molecule has 0 aliphatic rings. The second-order valence-corrected chi connectivity index (χ2v) is 3.50. The lowest BCUT2D eigenvalue weighted by Crippen LogP contribution is -2.15. The molecule has 2 aromatic rings. The van der Waals surface area contributed by atoms with Crippen LogP contribution in [0.5, 0.6) is 0 Å². The second-order valence-electron chi connectivity index (χ2n) is 3.50. The van der Waals surface area contributed by atoms with Gasteiger partial charge in [-0.3, -0.25) is 4.57 Å². The average molecular weight is 219 g/mol. The van der Waals surface area contributed by atoms with Crippen molar-refractivity contribution < 1.29 is 9.47 Å². The van der Waals surface area contributed by atoms with Crippen LogP contribution >= 0.6 is 0 Å². The standard InChI is InChI=1S/C13H17NO2/c1-3-15-13(16-4-2)14-10-9-11-7-5-6-8-12(11)14/h5-10,13H,3-4H2,1-2H3. The smallest absolute Gasteiger partial charge is 0.244 e. The minimum Gasteiger partial charge on any atom is -0.335 e. The van der Waals surface area contributed by atoms with Gasteiger partial charge in [-0.1, -0.05) is 18.2 Å². The van der Waals surface area contributed by atoms with Crippen LogP contribution in [-0.2, 0) is 9.47 Å². The second kappa shape index (κ2) is 5.14. The van der Waals surface area contributed by atoms with Crippen LogP contribution in [0.25, 0.3) is 10.9 Å². The predicted octanol–water partition coefficient (Wildman–Crippen LogP) is 3.17. The van der Waals surface area contributed by atoms with Gasteiger partial charge in [0.15, 0.2) is 0 Å². The Morgan fingerprint density at radius 1 is 1.06 bits per heavy atom. The monoisotopic (exact) mass is 219 g/mol. The van der Waals surface area contributed by atoms with Gasteiger partial charge in [-0.2, -0.15) is 0 Å². The van der Waals surface area contributed by atoms with Gasteiger partial charge in [-0.25, -0.2) is 0 Å². The maximum atomic E-state index is 5.58. The quantitative estimate of drug-likeness (QED) is 0.721. The molecule has 0 fully saturated rings. The molecule has 0 N–H and O–H groups in total. The van der Waals surface area contributed by atoms with Gasteiger partial charge < -0.3 is 9.47 Å². The largest absolute Gasteiger partial charge is 0.335 e. The van der Waals surface area contributed by atoms with Gasteiger partial charge in [0.1, 0.15) is 0 Å². The van der Waals surface area contributed by atoms with E-state index in [1.807, 2.05) is 36.7 Å². The molecule has 0 aliphatic heterocycles. The first-order valence-electron chi connectivity index (χ1n) is 5.65. The highest BCUT2D eigenvalue weighted by Crippen LogP contribution is 2.21. The first-order chi connectivity index (χ1) is 7.86. The first-order valence-corrected chi connectivity index (χ1v) is 5.65. The summed E-state index contributed by atoms with van der Waals surface area (Å²) in [7, 11) is 0. The third-order valence-corrected chi connectivity index (χ3v) is 2.48. The van der Waals surface area contributed by atoms with Crippen LogP contribution in [0, 0.1) is 0 Å². The van der Waals surface area contributed by atoms with Crippen LogP contribution in [-0.4, -0.2) is 17.8 Å². The molecule has 0 saturated carbocycles. The summed E-state index contributed by atoms with van der Waals surface area (Å²) in [6, 6.07) is 10.3. The van der Waals surface area contributed by atoms with Gasteiger partial charge in [-0.05, 0) is 31.4 Å². The molecule has 16 heavy (non-hydrogen) atoms. The van der Waals surface area contributed by atoms with Crippen LogP contribution < -0.4 is 0 Å². The number of ether oxygens (including phenoxy) is 2. The molecule has 3 heteroatoms. The Hall–Kier alpha value is -1.32. The third kappa shape index (κ3) is 2.10. The number of nitrogens with zero attached hydrogens (tertiary/aromatic N) is 1. The maximum Gasteiger partial charge on any atom is 0.244 e. The van der Waals surface area contributed by atoms with E-state index in [1.54, 1.807) is 0 Å². The number of rotatable bonds is 5. The Bertz CT molecular complexity index is 444. The van der Waals surface area contributed by atoms with Crippen LogP contribution in [0.4, 0.5) is 0 Å². The Morgan fingerprint density at radius 3 is 2.44 bits per heavy atom. The van der Waals surface area contributed by atoms with Crippen molar-refractivity contribution in [1.82, 2.24) is 4.57 Å². The topological polar surface area (TPSA) is 23.4 Å². The minimum absolute atomic E-state index is 0.324. The fourth-order valence-electron chi connectivity index (χ4n) is 1.78. The summed E-state index contributed by atoms with van der Waals surface area (Å²) in [6.45, 7) is 5.21. The fourth-order valence-corrected chi connectivity index (χ4v) is 1.78. The lowest BCUT2D eigenvalue weighted by atomic mass is 10.2. The number of hydrogen-bond acceptors (Lipinski definition) is 2. The summed E-state index contributed by atoms with van der Waals surface area (Å²) in [5.74, 6) is 0. The molecule has 0 atom stereocenters. The molecule has 1 heterocycles. The lowest BCUT2D eigenvalue weighted by molar-refractivity contribution is -0.183. The molecular weight excluding hydrogens is 202 g/mol. The minimum atomic E-state index is -0.324. The van der Waals surface area contributed by atoms with Crippen molar-refractivity contribution in [3.63, 3.8) is 0 Å². The Morgan fingerprint density at radius 2 is 1.75 bits per heavy atom. The molecule has 0 amide bonds. The van der Waals surface area contributed by atoms with E-state index in [2.05, 4.69) is 18.2 Å². The zero-order valence-corrected chi connectivity index (χ0v) is 9.72. The van der Waals surface area contributed by atoms with Crippen LogP contribution in [0.15, 0.2) is 36.5 Å². The molecule has 0 saturated heterocycles. The molecule has 0 unspecified atom stereocenters. The number of benzene rings is 1. The lowest BCUT2D eigenvalue weighted by Gasteiger charge is -2.19. The van der Waals surface area contributed by atoms with Crippen molar-refractivity contribution >= 4 is 10.9 Å². The Balaban J connectivity index is 2.36. The van der Waals surface area contributed by atoms with Crippen molar-refractivity contribution in [3.05, 3.63) is 36.5 Å². The van der Waals surface area contributed by atoms with Crippen molar-refractivity contribution in [2.75, 3.05) is 13.2 Å². The number of aromatic nitrogens is 1. The maximum absolute atomic E-state index is 5.58. The van der Waals surface area contributed by atoms with Gasteiger partial charge in [0, 0.05) is 19.4 Å². The average Bonchev–Trinajstić information content (AvgIpc) is 2.72. The molecule has 0 spiro atoms. The van der Waals surface area contributed by atoms with Gasteiger partial charge in [-0.15, -0.1) is 0 Å². The van der Waals surface area contributed by atoms with Crippen LogP contribution in [0.3, 0.4) is 0 Å². The molecule has 1 aromatic heterocycles.